The van der Waals surface area contributed by atoms with Crippen LogP contribution in [-0.4, -0.2) is 21.3 Å². The normalized spacial score (nSPS) is 10.8. The SMILES string of the molecule is COc1cc(/C=C\c2ccc(OCc3ccccc3)c(OCc3ccccc3)c2)cc(OC)c1OC. The van der Waals surface area contributed by atoms with Crippen LogP contribution in [0.3, 0.4) is 0 Å². The zero-order valence-corrected chi connectivity index (χ0v) is 20.8. The zero-order valence-electron chi connectivity index (χ0n) is 20.8. The molecule has 0 aromatic heterocycles. The van der Waals surface area contributed by atoms with Crippen LogP contribution in [0.25, 0.3) is 12.2 Å². The molecule has 0 aliphatic carbocycles. The van der Waals surface area contributed by atoms with Crippen LogP contribution in [0.15, 0.2) is 91.0 Å². The summed E-state index contributed by atoms with van der Waals surface area (Å²) in [5.41, 5.74) is 4.07. The van der Waals surface area contributed by atoms with E-state index in [1.807, 2.05) is 103 Å². The van der Waals surface area contributed by atoms with E-state index >= 15 is 0 Å². The molecule has 4 aromatic carbocycles. The van der Waals surface area contributed by atoms with Crippen molar-refractivity contribution in [3.05, 3.63) is 113 Å². The fourth-order valence-corrected chi connectivity index (χ4v) is 3.72. The average molecular weight is 483 g/mol. The Balaban J connectivity index is 1.58. The van der Waals surface area contributed by atoms with Crippen molar-refractivity contribution in [3.8, 4) is 28.7 Å². The van der Waals surface area contributed by atoms with Gasteiger partial charge in [0.1, 0.15) is 13.2 Å². The van der Waals surface area contributed by atoms with Gasteiger partial charge < -0.3 is 23.7 Å². The number of ether oxygens (including phenoxy) is 5. The van der Waals surface area contributed by atoms with Gasteiger partial charge in [0, 0.05) is 0 Å². The molecule has 0 amide bonds. The number of hydrogen-bond acceptors (Lipinski definition) is 5. The van der Waals surface area contributed by atoms with Crippen molar-refractivity contribution in [2.75, 3.05) is 21.3 Å². The van der Waals surface area contributed by atoms with Crippen LogP contribution in [0.5, 0.6) is 28.7 Å². The van der Waals surface area contributed by atoms with Gasteiger partial charge in [0.05, 0.1) is 21.3 Å². The number of hydrogen-bond donors (Lipinski definition) is 0. The molecule has 184 valence electrons. The van der Waals surface area contributed by atoms with Crippen LogP contribution in [0.4, 0.5) is 0 Å². The second kappa shape index (κ2) is 12.4. The maximum Gasteiger partial charge on any atom is 0.203 e. The quantitative estimate of drug-likeness (QED) is 0.215. The van der Waals surface area contributed by atoms with E-state index in [4.69, 9.17) is 23.7 Å². The molecular weight excluding hydrogens is 452 g/mol. The molecule has 0 N–H and O–H groups in total. The van der Waals surface area contributed by atoms with Gasteiger partial charge in [0.2, 0.25) is 5.75 Å². The average Bonchev–Trinajstić information content (AvgIpc) is 2.94. The summed E-state index contributed by atoms with van der Waals surface area (Å²) in [5, 5.41) is 0. The van der Waals surface area contributed by atoms with Gasteiger partial charge in [-0.25, -0.2) is 0 Å². The Morgan fingerprint density at radius 3 is 1.53 bits per heavy atom. The minimum absolute atomic E-state index is 0.447. The van der Waals surface area contributed by atoms with Gasteiger partial charge in [-0.1, -0.05) is 78.9 Å². The minimum atomic E-state index is 0.447. The Labute approximate surface area is 212 Å². The predicted molar refractivity (Wildman–Crippen MR) is 143 cm³/mol. The lowest BCUT2D eigenvalue weighted by Crippen LogP contribution is -2.01. The van der Waals surface area contributed by atoms with Crippen molar-refractivity contribution in [2.24, 2.45) is 0 Å². The summed E-state index contributed by atoms with van der Waals surface area (Å²) in [5.74, 6) is 3.15. The highest BCUT2D eigenvalue weighted by molar-refractivity contribution is 5.73. The number of rotatable bonds is 11. The van der Waals surface area contributed by atoms with E-state index in [1.165, 1.54) is 0 Å². The van der Waals surface area contributed by atoms with Gasteiger partial charge in [-0.3, -0.25) is 0 Å². The van der Waals surface area contributed by atoms with E-state index < -0.39 is 0 Å². The first-order valence-electron chi connectivity index (χ1n) is 11.7. The molecule has 0 heterocycles. The molecule has 0 spiro atoms. The monoisotopic (exact) mass is 482 g/mol. The molecular formula is C31H30O5. The van der Waals surface area contributed by atoms with Crippen LogP contribution in [-0.2, 0) is 13.2 Å². The Kier molecular flexibility index (Phi) is 8.49. The highest BCUT2D eigenvalue weighted by Gasteiger charge is 2.12. The van der Waals surface area contributed by atoms with Crippen molar-refractivity contribution in [1.82, 2.24) is 0 Å². The van der Waals surface area contributed by atoms with Crippen molar-refractivity contribution in [3.63, 3.8) is 0 Å². The van der Waals surface area contributed by atoms with Crippen LogP contribution in [0, 0.1) is 0 Å². The van der Waals surface area contributed by atoms with Gasteiger partial charge in [-0.15, -0.1) is 0 Å². The Morgan fingerprint density at radius 1 is 0.500 bits per heavy atom. The third-order valence-electron chi connectivity index (χ3n) is 5.60. The van der Waals surface area contributed by atoms with Gasteiger partial charge in [-0.05, 0) is 46.5 Å². The van der Waals surface area contributed by atoms with Crippen LogP contribution in [0.2, 0.25) is 0 Å². The molecule has 0 saturated heterocycles. The molecule has 0 fully saturated rings. The lowest BCUT2D eigenvalue weighted by atomic mass is 10.1. The lowest BCUT2D eigenvalue weighted by molar-refractivity contribution is 0.256. The predicted octanol–water partition coefficient (Wildman–Crippen LogP) is 7.04. The van der Waals surface area contributed by atoms with Crippen molar-refractivity contribution in [2.45, 2.75) is 13.2 Å². The number of methoxy groups -OCH3 is 3. The second-order valence-electron chi connectivity index (χ2n) is 8.05. The molecule has 0 saturated carbocycles. The summed E-state index contributed by atoms with van der Waals surface area (Å²) in [7, 11) is 4.80. The maximum atomic E-state index is 6.19. The van der Waals surface area contributed by atoms with E-state index in [1.54, 1.807) is 21.3 Å². The summed E-state index contributed by atoms with van der Waals surface area (Å²) >= 11 is 0. The van der Waals surface area contributed by atoms with Crippen LogP contribution >= 0.6 is 0 Å². The standard InChI is InChI=1S/C31H30O5/c1-32-29-19-26(20-30(33-2)31(29)34-3)15-14-23-16-17-27(35-21-24-10-6-4-7-11-24)28(18-23)36-22-25-12-8-5-9-13-25/h4-20H,21-22H2,1-3H3/b15-14-. The third kappa shape index (κ3) is 6.39. The summed E-state index contributed by atoms with van der Waals surface area (Å²) in [6, 6.07) is 29.9. The van der Waals surface area contributed by atoms with E-state index in [9.17, 15) is 0 Å². The van der Waals surface area contributed by atoms with Crippen molar-refractivity contribution in [1.29, 1.82) is 0 Å². The minimum Gasteiger partial charge on any atom is -0.493 e. The Hall–Kier alpha value is -4.38. The first-order valence-corrected chi connectivity index (χ1v) is 11.7. The van der Waals surface area contributed by atoms with Crippen LogP contribution in [0.1, 0.15) is 22.3 Å². The first kappa shape index (κ1) is 24.7. The lowest BCUT2D eigenvalue weighted by Gasteiger charge is -2.14. The smallest absolute Gasteiger partial charge is 0.203 e. The maximum absolute atomic E-state index is 6.19. The summed E-state index contributed by atoms with van der Waals surface area (Å²) in [6.45, 7) is 0.908. The molecule has 36 heavy (non-hydrogen) atoms. The van der Waals surface area contributed by atoms with Gasteiger partial charge >= 0.3 is 0 Å². The molecule has 0 radical (unpaired) electrons. The second-order valence-corrected chi connectivity index (χ2v) is 8.05. The van der Waals surface area contributed by atoms with E-state index in [2.05, 4.69) is 0 Å². The van der Waals surface area contributed by atoms with Crippen molar-refractivity contribution >= 4 is 12.2 Å². The van der Waals surface area contributed by atoms with Crippen LogP contribution < -0.4 is 23.7 Å². The molecule has 5 nitrogen and oxygen atoms in total. The van der Waals surface area contributed by atoms with E-state index in [0.29, 0.717) is 42.0 Å². The van der Waals surface area contributed by atoms with Gasteiger partial charge in [0.25, 0.3) is 0 Å². The number of benzene rings is 4. The topological polar surface area (TPSA) is 46.2 Å². The molecule has 5 heteroatoms. The summed E-state index contributed by atoms with van der Waals surface area (Å²) in [6.07, 6.45) is 4.00. The highest BCUT2D eigenvalue weighted by atomic mass is 16.5. The molecule has 4 aromatic rings. The third-order valence-corrected chi connectivity index (χ3v) is 5.60. The largest absolute Gasteiger partial charge is 0.493 e. The molecule has 4 rings (SSSR count). The highest BCUT2D eigenvalue weighted by Crippen LogP contribution is 2.39. The Bertz CT molecular complexity index is 1260. The molecule has 0 bridgehead atoms. The summed E-state index contributed by atoms with van der Waals surface area (Å²) < 4.78 is 28.7. The van der Waals surface area contributed by atoms with Crippen molar-refractivity contribution < 1.29 is 23.7 Å². The van der Waals surface area contributed by atoms with E-state index in [0.717, 1.165) is 22.3 Å². The molecule has 0 aliphatic heterocycles. The fourth-order valence-electron chi connectivity index (χ4n) is 3.72. The Morgan fingerprint density at radius 2 is 1.00 bits per heavy atom. The molecule has 0 atom stereocenters. The first-order chi connectivity index (χ1) is 17.7. The van der Waals surface area contributed by atoms with Gasteiger partial charge in [-0.2, -0.15) is 0 Å². The van der Waals surface area contributed by atoms with Gasteiger partial charge in [0.15, 0.2) is 23.0 Å². The zero-order chi connectivity index (χ0) is 25.2. The molecule has 0 aliphatic rings. The molecule has 0 unspecified atom stereocenters. The van der Waals surface area contributed by atoms with E-state index in [-0.39, 0.29) is 0 Å². The summed E-state index contributed by atoms with van der Waals surface area (Å²) in [4.78, 5) is 0. The fraction of sp³-hybridized carbons (Fsp3) is 0.161.